The van der Waals surface area contributed by atoms with Gasteiger partial charge in [-0.25, -0.2) is 4.98 Å². The third-order valence-electron chi connectivity index (χ3n) is 1.67. The number of hydrogen-bond donors (Lipinski definition) is 0. The fraction of sp³-hybridized carbons (Fsp3) is 0. The molecule has 0 aromatic carbocycles. The Hall–Kier alpha value is -1.88. The Morgan fingerprint density at radius 1 is 1.25 bits per heavy atom. The lowest BCUT2D eigenvalue weighted by Crippen LogP contribution is -1.82. The lowest BCUT2D eigenvalue weighted by Gasteiger charge is -1.95. The molecule has 0 N–H and O–H groups in total. The van der Waals surface area contributed by atoms with E-state index in [4.69, 9.17) is 6.42 Å². The second-order valence-electron chi connectivity index (χ2n) is 2.44. The quantitative estimate of drug-likeness (QED) is 0.539. The lowest BCUT2D eigenvalue weighted by atomic mass is 10.2. The third-order valence-corrected chi connectivity index (χ3v) is 1.67. The van der Waals surface area contributed by atoms with Crippen molar-refractivity contribution in [2.45, 2.75) is 0 Å². The number of nitrogens with zero attached hydrogens (tertiary/aromatic N) is 2. The predicted molar refractivity (Wildman–Crippen MR) is 47.5 cm³/mol. The zero-order valence-electron chi connectivity index (χ0n) is 6.36. The molecule has 0 amide bonds. The summed E-state index contributed by atoms with van der Waals surface area (Å²) in [6.07, 6.45) is 10.5. The van der Waals surface area contributed by atoms with Gasteiger partial charge in [0.2, 0.25) is 0 Å². The van der Waals surface area contributed by atoms with Crippen LogP contribution < -0.4 is 0 Å². The molecule has 56 valence electrons. The third kappa shape index (κ3) is 1.02. The second kappa shape index (κ2) is 2.63. The van der Waals surface area contributed by atoms with Crippen LogP contribution in [0.3, 0.4) is 0 Å². The maximum atomic E-state index is 5.21. The largest absolute Gasteiger partial charge is 0.264 e. The van der Waals surface area contributed by atoms with Crippen molar-refractivity contribution < 1.29 is 0 Å². The molecule has 0 unspecified atom stereocenters. The van der Waals surface area contributed by atoms with Crippen molar-refractivity contribution in [2.24, 2.45) is 0 Å². The van der Waals surface area contributed by atoms with Crippen LogP contribution in [0.15, 0.2) is 30.7 Å². The Morgan fingerprint density at radius 3 is 3.00 bits per heavy atom. The summed E-state index contributed by atoms with van der Waals surface area (Å²) < 4.78 is 0. The maximum Gasteiger partial charge on any atom is 0.113 e. The van der Waals surface area contributed by atoms with E-state index in [0.717, 1.165) is 10.8 Å². The summed E-state index contributed by atoms with van der Waals surface area (Å²) in [7, 11) is 0. The Balaban J connectivity index is 2.78. The molecule has 2 rings (SSSR count). The van der Waals surface area contributed by atoms with Crippen LogP contribution in [0, 0.1) is 12.3 Å². The van der Waals surface area contributed by atoms with Crippen LogP contribution in [-0.2, 0) is 0 Å². The van der Waals surface area contributed by atoms with Crippen LogP contribution in [0.4, 0.5) is 0 Å². The monoisotopic (exact) mass is 154 g/mol. The predicted octanol–water partition coefficient (Wildman–Crippen LogP) is 1.61. The Kier molecular flexibility index (Phi) is 1.49. The molecular weight excluding hydrogens is 148 g/mol. The summed E-state index contributed by atoms with van der Waals surface area (Å²) >= 11 is 0. The highest BCUT2D eigenvalue weighted by Crippen LogP contribution is 2.10. The average molecular weight is 154 g/mol. The fourth-order valence-corrected chi connectivity index (χ4v) is 1.06. The van der Waals surface area contributed by atoms with E-state index >= 15 is 0 Å². The van der Waals surface area contributed by atoms with E-state index < -0.39 is 0 Å². The van der Waals surface area contributed by atoms with E-state index in [1.807, 2.05) is 12.1 Å². The standard InChI is InChI=1S/C10H6N2/c1-2-10-5-9-6-11-4-3-8(9)7-12-10/h1,3-7H. The summed E-state index contributed by atoms with van der Waals surface area (Å²) in [6.45, 7) is 0. The zero-order chi connectivity index (χ0) is 8.39. The van der Waals surface area contributed by atoms with Gasteiger partial charge in [-0.2, -0.15) is 0 Å². The molecule has 0 aliphatic rings. The Bertz CT molecular complexity index is 455. The second-order valence-corrected chi connectivity index (χ2v) is 2.44. The Morgan fingerprint density at radius 2 is 2.17 bits per heavy atom. The number of terminal acetylenes is 1. The van der Waals surface area contributed by atoms with E-state index in [2.05, 4.69) is 15.9 Å². The van der Waals surface area contributed by atoms with E-state index in [1.54, 1.807) is 18.6 Å². The molecule has 2 nitrogen and oxygen atoms in total. The lowest BCUT2D eigenvalue weighted by molar-refractivity contribution is 1.30. The minimum atomic E-state index is 0.649. The van der Waals surface area contributed by atoms with Gasteiger partial charge in [0.15, 0.2) is 0 Å². The summed E-state index contributed by atoms with van der Waals surface area (Å²) in [5, 5.41) is 2.09. The zero-order valence-corrected chi connectivity index (χ0v) is 6.36. The average Bonchev–Trinajstić information content (AvgIpc) is 2.17. The number of pyridine rings is 2. The molecule has 2 aromatic heterocycles. The molecule has 2 aromatic rings. The van der Waals surface area contributed by atoms with Gasteiger partial charge in [0, 0.05) is 29.4 Å². The van der Waals surface area contributed by atoms with Crippen molar-refractivity contribution in [3.05, 3.63) is 36.4 Å². The maximum absolute atomic E-state index is 5.21. The minimum absolute atomic E-state index is 0.649. The molecule has 0 aliphatic heterocycles. The van der Waals surface area contributed by atoms with Gasteiger partial charge in [0.1, 0.15) is 5.69 Å². The van der Waals surface area contributed by atoms with Crippen LogP contribution in [0.2, 0.25) is 0 Å². The van der Waals surface area contributed by atoms with Crippen molar-refractivity contribution in [2.75, 3.05) is 0 Å². The van der Waals surface area contributed by atoms with E-state index in [9.17, 15) is 0 Å². The van der Waals surface area contributed by atoms with Gasteiger partial charge in [-0.15, -0.1) is 6.42 Å². The first-order chi connectivity index (χ1) is 5.90. The van der Waals surface area contributed by atoms with Gasteiger partial charge >= 0.3 is 0 Å². The smallest absolute Gasteiger partial charge is 0.113 e. The first-order valence-electron chi connectivity index (χ1n) is 3.56. The number of aromatic nitrogens is 2. The molecule has 0 saturated heterocycles. The molecule has 2 heterocycles. The normalized spacial score (nSPS) is 9.58. The van der Waals surface area contributed by atoms with Gasteiger partial charge in [-0.3, -0.25) is 4.98 Å². The summed E-state index contributed by atoms with van der Waals surface area (Å²) in [4.78, 5) is 8.05. The first kappa shape index (κ1) is 6.81. The van der Waals surface area contributed by atoms with Crippen LogP contribution in [0.25, 0.3) is 10.8 Å². The number of rotatable bonds is 0. The highest BCUT2D eigenvalue weighted by molar-refractivity contribution is 5.81. The minimum Gasteiger partial charge on any atom is -0.264 e. The first-order valence-corrected chi connectivity index (χ1v) is 3.56. The molecule has 0 saturated carbocycles. The van der Waals surface area contributed by atoms with Crippen LogP contribution in [0.5, 0.6) is 0 Å². The van der Waals surface area contributed by atoms with Crippen molar-refractivity contribution in [1.82, 2.24) is 9.97 Å². The summed E-state index contributed by atoms with van der Waals surface area (Å²) in [6, 6.07) is 3.75. The van der Waals surface area contributed by atoms with Gasteiger partial charge in [0.25, 0.3) is 0 Å². The molecule has 0 bridgehead atoms. The molecular formula is C10H6N2. The van der Waals surface area contributed by atoms with Gasteiger partial charge in [-0.1, -0.05) is 5.92 Å². The molecule has 0 atom stereocenters. The van der Waals surface area contributed by atoms with Crippen molar-refractivity contribution in [3.63, 3.8) is 0 Å². The van der Waals surface area contributed by atoms with Crippen molar-refractivity contribution >= 4 is 10.8 Å². The Labute approximate surface area is 70.3 Å². The van der Waals surface area contributed by atoms with E-state index in [-0.39, 0.29) is 0 Å². The van der Waals surface area contributed by atoms with Crippen LogP contribution >= 0.6 is 0 Å². The highest BCUT2D eigenvalue weighted by atomic mass is 14.7. The summed E-state index contributed by atoms with van der Waals surface area (Å²) in [5.41, 5.74) is 0.649. The molecule has 12 heavy (non-hydrogen) atoms. The van der Waals surface area contributed by atoms with E-state index in [1.165, 1.54) is 0 Å². The molecule has 0 aliphatic carbocycles. The van der Waals surface area contributed by atoms with Crippen molar-refractivity contribution in [3.8, 4) is 12.3 Å². The van der Waals surface area contributed by atoms with Gasteiger partial charge in [-0.05, 0) is 12.1 Å². The van der Waals surface area contributed by atoms with Crippen LogP contribution in [-0.4, -0.2) is 9.97 Å². The van der Waals surface area contributed by atoms with Gasteiger partial charge < -0.3 is 0 Å². The fourth-order valence-electron chi connectivity index (χ4n) is 1.06. The number of hydrogen-bond acceptors (Lipinski definition) is 2. The van der Waals surface area contributed by atoms with E-state index in [0.29, 0.717) is 5.69 Å². The van der Waals surface area contributed by atoms with Crippen LogP contribution in [0.1, 0.15) is 5.69 Å². The topological polar surface area (TPSA) is 25.8 Å². The van der Waals surface area contributed by atoms with Crippen molar-refractivity contribution in [1.29, 1.82) is 0 Å². The summed E-state index contributed by atoms with van der Waals surface area (Å²) in [5.74, 6) is 2.48. The number of fused-ring (bicyclic) bond motifs is 1. The SMILES string of the molecule is C#Cc1cc2cnccc2cn1. The molecule has 0 radical (unpaired) electrons. The molecule has 0 fully saturated rings. The molecule has 0 spiro atoms. The highest BCUT2D eigenvalue weighted by Gasteiger charge is 1.93. The van der Waals surface area contributed by atoms with Gasteiger partial charge in [0.05, 0.1) is 0 Å². The molecule has 2 heteroatoms.